The molecule has 0 amide bonds. The Labute approximate surface area is 142 Å². The summed E-state index contributed by atoms with van der Waals surface area (Å²) in [6, 6.07) is 12.4. The Morgan fingerprint density at radius 1 is 1.21 bits per heavy atom. The summed E-state index contributed by atoms with van der Waals surface area (Å²) in [7, 11) is 0. The molecule has 1 aliphatic heterocycles. The number of nitrogens with zero attached hydrogens (tertiary/aromatic N) is 2. The van der Waals surface area contributed by atoms with Crippen molar-refractivity contribution >= 4 is 0 Å². The summed E-state index contributed by atoms with van der Waals surface area (Å²) in [6.07, 6.45) is 4.42. The van der Waals surface area contributed by atoms with E-state index in [0.717, 1.165) is 60.0 Å². The lowest BCUT2D eigenvalue weighted by atomic mass is 10.1. The van der Waals surface area contributed by atoms with Crippen LogP contribution in [0.4, 0.5) is 0 Å². The number of imidazole rings is 1. The predicted octanol–water partition coefficient (Wildman–Crippen LogP) is 4.61. The average Bonchev–Trinajstić information content (AvgIpc) is 3.31. The first-order valence-corrected chi connectivity index (χ1v) is 8.52. The van der Waals surface area contributed by atoms with Gasteiger partial charge in [-0.25, -0.2) is 4.98 Å². The Bertz CT molecular complexity index is 807. The zero-order chi connectivity index (χ0) is 16.5. The molecule has 1 aromatic carbocycles. The molecule has 0 aliphatic carbocycles. The Kier molecular flexibility index (Phi) is 3.98. The zero-order valence-electron chi connectivity index (χ0n) is 14.2. The number of hydrogen-bond acceptors (Lipinski definition) is 3. The lowest BCUT2D eigenvalue weighted by molar-refractivity contribution is 0.0972. The van der Waals surface area contributed by atoms with Gasteiger partial charge in [0.1, 0.15) is 11.5 Å². The van der Waals surface area contributed by atoms with E-state index < -0.39 is 0 Å². The highest BCUT2D eigenvalue weighted by molar-refractivity contribution is 5.76. The molecule has 0 N–H and O–H groups in total. The van der Waals surface area contributed by atoms with Crippen LogP contribution in [0, 0.1) is 13.8 Å². The molecule has 0 bridgehead atoms. The molecule has 1 aliphatic rings. The number of aromatic nitrogens is 2. The van der Waals surface area contributed by atoms with Gasteiger partial charge in [-0.1, -0.05) is 30.3 Å². The molecule has 24 heavy (non-hydrogen) atoms. The van der Waals surface area contributed by atoms with E-state index >= 15 is 0 Å². The third-order valence-corrected chi connectivity index (χ3v) is 4.71. The van der Waals surface area contributed by atoms with Crippen molar-refractivity contribution in [3.63, 3.8) is 0 Å². The van der Waals surface area contributed by atoms with E-state index in [0.29, 0.717) is 0 Å². The van der Waals surface area contributed by atoms with E-state index in [-0.39, 0.29) is 6.10 Å². The molecule has 4 nitrogen and oxygen atoms in total. The van der Waals surface area contributed by atoms with Crippen molar-refractivity contribution in [2.45, 2.75) is 39.3 Å². The van der Waals surface area contributed by atoms with Gasteiger partial charge in [0.05, 0.1) is 24.7 Å². The average molecular weight is 322 g/mol. The summed E-state index contributed by atoms with van der Waals surface area (Å²) in [5, 5.41) is 0. The fourth-order valence-corrected chi connectivity index (χ4v) is 3.28. The van der Waals surface area contributed by atoms with Crippen molar-refractivity contribution < 1.29 is 9.15 Å². The number of ether oxygens (including phenoxy) is 1. The van der Waals surface area contributed by atoms with E-state index in [1.807, 2.05) is 31.5 Å². The number of hydrogen-bond donors (Lipinski definition) is 0. The van der Waals surface area contributed by atoms with E-state index in [4.69, 9.17) is 14.1 Å². The van der Waals surface area contributed by atoms with E-state index in [1.165, 1.54) is 0 Å². The van der Waals surface area contributed by atoms with Crippen molar-refractivity contribution in [2.24, 2.45) is 0 Å². The first kappa shape index (κ1) is 15.2. The van der Waals surface area contributed by atoms with Gasteiger partial charge in [-0.15, -0.1) is 0 Å². The van der Waals surface area contributed by atoms with Crippen LogP contribution in [0.2, 0.25) is 0 Å². The predicted molar refractivity (Wildman–Crippen MR) is 93.8 cm³/mol. The molecular weight excluding hydrogens is 300 g/mol. The van der Waals surface area contributed by atoms with Gasteiger partial charge in [-0.3, -0.25) is 0 Å². The van der Waals surface area contributed by atoms with Gasteiger partial charge in [0.15, 0.2) is 5.76 Å². The maximum absolute atomic E-state index is 6.02. The molecule has 0 spiro atoms. The second kappa shape index (κ2) is 6.29. The second-order valence-corrected chi connectivity index (χ2v) is 6.45. The second-order valence-electron chi connectivity index (χ2n) is 6.45. The quantitative estimate of drug-likeness (QED) is 0.704. The first-order chi connectivity index (χ1) is 11.7. The van der Waals surface area contributed by atoms with Crippen LogP contribution < -0.4 is 0 Å². The van der Waals surface area contributed by atoms with Crippen LogP contribution in [0.3, 0.4) is 0 Å². The van der Waals surface area contributed by atoms with Gasteiger partial charge in [0.2, 0.25) is 0 Å². The van der Waals surface area contributed by atoms with Crippen LogP contribution in [0.1, 0.15) is 24.2 Å². The highest BCUT2D eigenvalue weighted by Crippen LogP contribution is 2.34. The molecular formula is C20H22N2O2. The van der Waals surface area contributed by atoms with Crippen molar-refractivity contribution in [1.29, 1.82) is 0 Å². The number of rotatable bonds is 4. The number of furan rings is 1. The van der Waals surface area contributed by atoms with Gasteiger partial charge in [-0.2, -0.15) is 0 Å². The molecule has 4 rings (SSSR count). The fourth-order valence-electron chi connectivity index (χ4n) is 3.28. The van der Waals surface area contributed by atoms with Crippen LogP contribution in [0.15, 0.2) is 47.1 Å². The maximum Gasteiger partial charge on any atom is 0.153 e. The minimum atomic E-state index is 0.263. The minimum absolute atomic E-state index is 0.263. The number of aryl methyl sites for hydroxylation is 2. The van der Waals surface area contributed by atoms with Gasteiger partial charge in [0.25, 0.3) is 0 Å². The topological polar surface area (TPSA) is 40.2 Å². The Hall–Kier alpha value is -2.33. The van der Waals surface area contributed by atoms with Crippen molar-refractivity contribution in [3.05, 3.63) is 54.0 Å². The molecule has 0 saturated carbocycles. The summed E-state index contributed by atoms with van der Waals surface area (Å²) in [4.78, 5) is 4.69. The van der Waals surface area contributed by atoms with Gasteiger partial charge >= 0.3 is 0 Å². The molecule has 3 heterocycles. The summed E-state index contributed by atoms with van der Waals surface area (Å²) < 4.78 is 14.0. The fraction of sp³-hybridized carbons (Fsp3) is 0.350. The molecule has 3 aromatic rings. The Morgan fingerprint density at radius 3 is 2.71 bits per heavy atom. The van der Waals surface area contributed by atoms with Gasteiger partial charge in [-0.05, 0) is 38.3 Å². The van der Waals surface area contributed by atoms with E-state index in [2.05, 4.69) is 29.7 Å². The molecule has 124 valence electrons. The smallest absolute Gasteiger partial charge is 0.153 e. The van der Waals surface area contributed by atoms with Crippen molar-refractivity contribution in [3.8, 4) is 22.7 Å². The SMILES string of the molecule is Cc1cc(-c2c(-c3ccccc3)ncn2C[C@H]2CCCO2)oc1C. The largest absolute Gasteiger partial charge is 0.459 e. The summed E-state index contributed by atoms with van der Waals surface area (Å²) in [5.41, 5.74) is 4.26. The molecule has 1 atom stereocenters. The van der Waals surface area contributed by atoms with Crippen LogP contribution in [0.5, 0.6) is 0 Å². The van der Waals surface area contributed by atoms with Crippen LogP contribution >= 0.6 is 0 Å². The molecule has 1 saturated heterocycles. The van der Waals surface area contributed by atoms with E-state index in [1.54, 1.807) is 0 Å². The summed E-state index contributed by atoms with van der Waals surface area (Å²) in [6.45, 7) is 5.75. The maximum atomic E-state index is 6.02. The lowest BCUT2D eigenvalue weighted by Crippen LogP contribution is -2.15. The Balaban J connectivity index is 1.80. The summed E-state index contributed by atoms with van der Waals surface area (Å²) >= 11 is 0. The molecule has 0 unspecified atom stereocenters. The molecule has 1 fully saturated rings. The zero-order valence-corrected chi connectivity index (χ0v) is 14.2. The standard InChI is InChI=1S/C20H22N2O2/c1-14-11-18(24-15(14)2)20-19(16-7-4-3-5-8-16)21-13-22(20)12-17-9-6-10-23-17/h3-5,7-8,11,13,17H,6,9-10,12H2,1-2H3/t17-/m1/s1. The van der Waals surface area contributed by atoms with Crippen LogP contribution in [-0.4, -0.2) is 22.3 Å². The van der Waals surface area contributed by atoms with E-state index in [9.17, 15) is 0 Å². The molecule has 4 heteroatoms. The van der Waals surface area contributed by atoms with Gasteiger partial charge in [0, 0.05) is 12.2 Å². The first-order valence-electron chi connectivity index (χ1n) is 8.52. The third kappa shape index (κ3) is 2.78. The molecule has 0 radical (unpaired) electrons. The van der Waals surface area contributed by atoms with Crippen molar-refractivity contribution in [2.75, 3.05) is 6.61 Å². The molecule has 2 aromatic heterocycles. The minimum Gasteiger partial charge on any atom is -0.459 e. The Morgan fingerprint density at radius 2 is 2.04 bits per heavy atom. The van der Waals surface area contributed by atoms with Crippen molar-refractivity contribution in [1.82, 2.24) is 9.55 Å². The summed E-state index contributed by atoms with van der Waals surface area (Å²) in [5.74, 6) is 1.83. The highest BCUT2D eigenvalue weighted by Gasteiger charge is 2.22. The third-order valence-electron chi connectivity index (χ3n) is 4.71. The highest BCUT2D eigenvalue weighted by atomic mass is 16.5. The van der Waals surface area contributed by atoms with Crippen LogP contribution in [0.25, 0.3) is 22.7 Å². The normalized spacial score (nSPS) is 17.5. The van der Waals surface area contributed by atoms with Crippen LogP contribution in [-0.2, 0) is 11.3 Å². The lowest BCUT2D eigenvalue weighted by Gasteiger charge is -2.13. The van der Waals surface area contributed by atoms with Gasteiger partial charge < -0.3 is 13.7 Å². The monoisotopic (exact) mass is 322 g/mol. The number of benzene rings is 1.